The molecule has 0 aliphatic heterocycles. The minimum Gasteiger partial charge on any atom is -0.491 e. The highest BCUT2D eigenvalue weighted by atomic mass is 35.5. The minimum absolute atomic E-state index is 0.497. The second kappa shape index (κ2) is 9.02. The van der Waals surface area contributed by atoms with Gasteiger partial charge in [-0.05, 0) is 38.2 Å². The molecule has 0 aliphatic carbocycles. The minimum atomic E-state index is 0.497. The van der Waals surface area contributed by atoms with Crippen molar-refractivity contribution >= 4 is 17.3 Å². The van der Waals surface area contributed by atoms with E-state index < -0.39 is 0 Å². The Labute approximate surface area is 125 Å². The van der Waals surface area contributed by atoms with Crippen LogP contribution in [0.1, 0.15) is 12.5 Å². The monoisotopic (exact) mass is 301 g/mol. The molecule has 0 aromatic heterocycles. The third-order valence-electron chi connectivity index (χ3n) is 3.13. The lowest BCUT2D eigenvalue weighted by Gasteiger charge is -2.17. The van der Waals surface area contributed by atoms with Crippen molar-refractivity contribution in [2.24, 2.45) is 0 Å². The molecule has 1 aromatic carbocycles. The fourth-order valence-corrected chi connectivity index (χ4v) is 2.05. The van der Waals surface area contributed by atoms with E-state index in [9.17, 15) is 0 Å². The van der Waals surface area contributed by atoms with Crippen molar-refractivity contribution in [2.45, 2.75) is 13.3 Å². The summed E-state index contributed by atoms with van der Waals surface area (Å²) in [6.45, 7) is 5.35. The van der Waals surface area contributed by atoms with E-state index in [-0.39, 0.29) is 0 Å². The first-order valence-electron chi connectivity index (χ1n) is 6.80. The standard InChI is InChI=1S/C14H24ClN3O2/c1-4-11-9-14(12(15)10-13(11)17-19)20-8-7-18(3)6-5-16-2/h9-10,16-17,19H,4-8H2,1-3H3. The molecule has 0 spiro atoms. The lowest BCUT2D eigenvalue weighted by Crippen LogP contribution is -2.30. The van der Waals surface area contributed by atoms with Gasteiger partial charge in [0.2, 0.25) is 0 Å². The van der Waals surface area contributed by atoms with E-state index in [4.69, 9.17) is 21.5 Å². The summed E-state index contributed by atoms with van der Waals surface area (Å²) in [7, 11) is 3.99. The highest BCUT2D eigenvalue weighted by molar-refractivity contribution is 6.32. The molecule has 3 N–H and O–H groups in total. The van der Waals surface area contributed by atoms with Gasteiger partial charge in [-0.25, -0.2) is 0 Å². The first-order valence-corrected chi connectivity index (χ1v) is 7.18. The van der Waals surface area contributed by atoms with Gasteiger partial charge in [-0.15, -0.1) is 0 Å². The molecular weight excluding hydrogens is 278 g/mol. The number of ether oxygens (including phenoxy) is 1. The number of benzene rings is 1. The Hall–Kier alpha value is -1.01. The van der Waals surface area contributed by atoms with Crippen LogP contribution in [0.3, 0.4) is 0 Å². The molecule has 0 unspecified atom stereocenters. The maximum absolute atomic E-state index is 9.03. The largest absolute Gasteiger partial charge is 0.491 e. The van der Waals surface area contributed by atoms with E-state index in [2.05, 4.69) is 22.7 Å². The van der Waals surface area contributed by atoms with Crippen LogP contribution in [0.25, 0.3) is 0 Å². The Balaban J connectivity index is 2.55. The highest BCUT2D eigenvalue weighted by Crippen LogP contribution is 2.31. The fourth-order valence-electron chi connectivity index (χ4n) is 1.83. The van der Waals surface area contributed by atoms with Crippen LogP contribution in [0, 0.1) is 0 Å². The van der Waals surface area contributed by atoms with Crippen LogP contribution in [0.15, 0.2) is 12.1 Å². The van der Waals surface area contributed by atoms with Crippen LogP contribution in [0.4, 0.5) is 5.69 Å². The summed E-state index contributed by atoms with van der Waals surface area (Å²) in [4.78, 5) is 2.19. The molecule has 114 valence electrons. The summed E-state index contributed by atoms with van der Waals surface area (Å²) in [5.41, 5.74) is 3.75. The molecule has 20 heavy (non-hydrogen) atoms. The van der Waals surface area contributed by atoms with Gasteiger partial charge in [0.15, 0.2) is 0 Å². The fraction of sp³-hybridized carbons (Fsp3) is 0.571. The molecule has 0 bridgehead atoms. The third kappa shape index (κ3) is 5.17. The molecule has 0 saturated heterocycles. The SMILES string of the molecule is CCc1cc(OCCN(C)CCNC)c(Cl)cc1NO. The molecule has 0 saturated carbocycles. The average molecular weight is 302 g/mol. The van der Waals surface area contributed by atoms with Crippen LogP contribution >= 0.6 is 11.6 Å². The van der Waals surface area contributed by atoms with Gasteiger partial charge < -0.3 is 15.0 Å². The van der Waals surface area contributed by atoms with E-state index >= 15 is 0 Å². The molecule has 0 aliphatic rings. The summed E-state index contributed by atoms with van der Waals surface area (Å²) < 4.78 is 5.73. The predicted octanol–water partition coefficient (Wildman–Crippen LogP) is 2.23. The first kappa shape index (κ1) is 17.0. The maximum atomic E-state index is 9.03. The number of hydrogen-bond acceptors (Lipinski definition) is 5. The van der Waals surface area contributed by atoms with Gasteiger partial charge in [-0.1, -0.05) is 18.5 Å². The number of nitrogens with zero attached hydrogens (tertiary/aromatic N) is 1. The molecule has 1 rings (SSSR count). The van der Waals surface area contributed by atoms with Gasteiger partial charge in [0, 0.05) is 19.6 Å². The molecule has 0 amide bonds. The van der Waals surface area contributed by atoms with E-state index in [1.54, 1.807) is 6.07 Å². The van der Waals surface area contributed by atoms with Gasteiger partial charge in [0.25, 0.3) is 0 Å². The molecule has 6 heteroatoms. The predicted molar refractivity (Wildman–Crippen MR) is 83.2 cm³/mol. The van der Waals surface area contributed by atoms with E-state index in [0.717, 1.165) is 31.6 Å². The summed E-state index contributed by atoms with van der Waals surface area (Å²) in [6, 6.07) is 3.55. The second-order valence-electron chi connectivity index (χ2n) is 4.66. The van der Waals surface area contributed by atoms with Crippen molar-refractivity contribution in [3.63, 3.8) is 0 Å². The number of aryl methyl sites for hydroxylation is 1. The molecule has 1 aromatic rings. The Morgan fingerprint density at radius 2 is 2.10 bits per heavy atom. The third-order valence-corrected chi connectivity index (χ3v) is 3.43. The molecule has 5 nitrogen and oxygen atoms in total. The first-order chi connectivity index (χ1) is 9.62. The van der Waals surface area contributed by atoms with Crippen molar-refractivity contribution in [2.75, 3.05) is 45.8 Å². The van der Waals surface area contributed by atoms with Gasteiger partial charge in [0.05, 0.1) is 10.7 Å². The number of likely N-dealkylation sites (N-methyl/N-ethyl adjacent to an activating group) is 2. The van der Waals surface area contributed by atoms with Gasteiger partial charge in [-0.3, -0.25) is 10.7 Å². The van der Waals surface area contributed by atoms with Crippen LogP contribution in [0.5, 0.6) is 5.75 Å². The molecular formula is C14H24ClN3O2. The van der Waals surface area contributed by atoms with Crippen molar-refractivity contribution in [3.05, 3.63) is 22.7 Å². The number of anilines is 1. The van der Waals surface area contributed by atoms with Crippen LogP contribution in [0.2, 0.25) is 5.02 Å². The number of halogens is 1. The van der Waals surface area contributed by atoms with E-state index in [1.165, 1.54) is 0 Å². The smallest absolute Gasteiger partial charge is 0.138 e. The maximum Gasteiger partial charge on any atom is 0.138 e. The lowest BCUT2D eigenvalue weighted by atomic mass is 10.1. The topological polar surface area (TPSA) is 56.8 Å². The van der Waals surface area contributed by atoms with Crippen molar-refractivity contribution in [1.82, 2.24) is 10.2 Å². The Kier molecular flexibility index (Phi) is 7.69. The van der Waals surface area contributed by atoms with Gasteiger partial charge >= 0.3 is 0 Å². The zero-order chi connectivity index (χ0) is 15.0. The second-order valence-corrected chi connectivity index (χ2v) is 5.07. The molecule has 0 atom stereocenters. The Morgan fingerprint density at radius 1 is 1.35 bits per heavy atom. The zero-order valence-electron chi connectivity index (χ0n) is 12.4. The average Bonchev–Trinajstić information content (AvgIpc) is 2.46. The molecule has 0 radical (unpaired) electrons. The molecule has 0 fully saturated rings. The Bertz CT molecular complexity index is 416. The normalized spacial score (nSPS) is 10.9. The van der Waals surface area contributed by atoms with Gasteiger partial charge in [0.1, 0.15) is 12.4 Å². The number of rotatable bonds is 9. The summed E-state index contributed by atoms with van der Waals surface area (Å²) >= 11 is 6.14. The van der Waals surface area contributed by atoms with E-state index in [0.29, 0.717) is 23.1 Å². The Morgan fingerprint density at radius 3 is 2.70 bits per heavy atom. The van der Waals surface area contributed by atoms with Gasteiger partial charge in [-0.2, -0.15) is 0 Å². The molecule has 0 heterocycles. The summed E-state index contributed by atoms with van der Waals surface area (Å²) in [5.74, 6) is 0.657. The quantitative estimate of drug-likeness (QED) is 0.611. The van der Waals surface area contributed by atoms with Crippen molar-refractivity contribution in [3.8, 4) is 5.75 Å². The summed E-state index contributed by atoms with van der Waals surface area (Å²) in [6.07, 6.45) is 0.790. The lowest BCUT2D eigenvalue weighted by molar-refractivity contribution is 0.238. The van der Waals surface area contributed by atoms with Crippen molar-refractivity contribution < 1.29 is 9.94 Å². The zero-order valence-corrected chi connectivity index (χ0v) is 13.1. The highest BCUT2D eigenvalue weighted by Gasteiger charge is 2.09. The number of hydrogen-bond donors (Lipinski definition) is 3. The summed E-state index contributed by atoms with van der Waals surface area (Å²) in [5, 5.41) is 12.6. The van der Waals surface area contributed by atoms with Crippen molar-refractivity contribution in [1.29, 1.82) is 0 Å². The van der Waals surface area contributed by atoms with Crippen LogP contribution in [-0.4, -0.2) is 50.4 Å². The number of nitrogens with one attached hydrogen (secondary N) is 2. The van der Waals surface area contributed by atoms with Crippen LogP contribution in [-0.2, 0) is 6.42 Å². The van der Waals surface area contributed by atoms with Crippen LogP contribution < -0.4 is 15.5 Å². The van der Waals surface area contributed by atoms with E-state index in [1.807, 2.05) is 20.0 Å².